The van der Waals surface area contributed by atoms with Gasteiger partial charge in [0.15, 0.2) is 16.7 Å². The van der Waals surface area contributed by atoms with Gasteiger partial charge < -0.3 is 14.6 Å². The van der Waals surface area contributed by atoms with Crippen molar-refractivity contribution in [1.82, 2.24) is 20.1 Å². The lowest BCUT2D eigenvalue weighted by atomic mass is 10.0. The number of quaternary nitrogens is 1. The van der Waals surface area contributed by atoms with E-state index in [-0.39, 0.29) is 5.91 Å². The van der Waals surface area contributed by atoms with E-state index in [2.05, 4.69) is 22.4 Å². The summed E-state index contributed by atoms with van der Waals surface area (Å²) >= 11 is 1.41. The minimum atomic E-state index is 0.0481. The maximum Gasteiger partial charge on any atom is 0.230 e. The zero-order chi connectivity index (χ0) is 19.1. The molecule has 2 aromatic heterocycles. The molecule has 0 radical (unpaired) electrons. The molecule has 1 unspecified atom stereocenters. The number of carbonyl (C=O) groups is 1. The predicted octanol–water partition coefficient (Wildman–Crippen LogP) is 1.61. The average molecular weight is 393 g/mol. The van der Waals surface area contributed by atoms with E-state index in [1.165, 1.54) is 37.6 Å². The summed E-state index contributed by atoms with van der Waals surface area (Å²) in [7, 11) is 0. The minimum absolute atomic E-state index is 0.0481. The van der Waals surface area contributed by atoms with Crippen molar-refractivity contribution in [3.05, 3.63) is 18.4 Å². The van der Waals surface area contributed by atoms with Crippen LogP contribution in [0.2, 0.25) is 0 Å². The van der Waals surface area contributed by atoms with Crippen molar-refractivity contribution >= 4 is 17.7 Å². The van der Waals surface area contributed by atoms with Crippen LogP contribution in [0.3, 0.4) is 0 Å². The molecule has 1 amide bonds. The highest BCUT2D eigenvalue weighted by Gasteiger charge is 2.21. The zero-order valence-corrected chi connectivity index (χ0v) is 17.1. The molecular weight excluding hydrogens is 362 g/mol. The molecule has 0 spiro atoms. The molecule has 7 nitrogen and oxygen atoms in total. The highest BCUT2D eigenvalue weighted by molar-refractivity contribution is 7.99. The van der Waals surface area contributed by atoms with Crippen LogP contribution in [0.25, 0.3) is 11.6 Å². The average Bonchev–Trinajstić information content (AvgIpc) is 3.33. The summed E-state index contributed by atoms with van der Waals surface area (Å²) in [5, 5.41) is 12.2. The number of nitrogens with zero attached hydrogens (tertiary/aromatic N) is 3. The van der Waals surface area contributed by atoms with Gasteiger partial charge in [0.05, 0.1) is 31.1 Å². The summed E-state index contributed by atoms with van der Waals surface area (Å²) in [6, 6.07) is 4.45. The molecule has 8 heteroatoms. The fraction of sp³-hybridized carbons (Fsp3) is 0.632. The van der Waals surface area contributed by atoms with Crippen LogP contribution in [0.4, 0.5) is 0 Å². The molecule has 2 atom stereocenters. The SMILES string of the molecule is CCn1c(SCC(=O)NCCC[NH+]2CCCC[C@H]2C)nnc1-c1ccco1. The Morgan fingerprint density at radius 2 is 2.33 bits per heavy atom. The van der Waals surface area contributed by atoms with Gasteiger partial charge in [0.1, 0.15) is 0 Å². The van der Waals surface area contributed by atoms with E-state index in [9.17, 15) is 4.79 Å². The van der Waals surface area contributed by atoms with Crippen molar-refractivity contribution in [2.75, 3.05) is 25.4 Å². The number of hydrogen-bond acceptors (Lipinski definition) is 5. The number of hydrogen-bond donors (Lipinski definition) is 2. The van der Waals surface area contributed by atoms with Crippen LogP contribution in [0.1, 0.15) is 39.5 Å². The monoisotopic (exact) mass is 392 g/mol. The van der Waals surface area contributed by atoms with Crippen molar-refractivity contribution in [2.45, 2.75) is 57.3 Å². The summed E-state index contributed by atoms with van der Waals surface area (Å²) in [6.07, 6.45) is 6.68. The maximum absolute atomic E-state index is 12.2. The normalized spacial score (nSPS) is 19.9. The van der Waals surface area contributed by atoms with Gasteiger partial charge in [-0.05, 0) is 45.2 Å². The Morgan fingerprint density at radius 3 is 3.07 bits per heavy atom. The largest absolute Gasteiger partial charge is 0.461 e. The van der Waals surface area contributed by atoms with Gasteiger partial charge in [-0.2, -0.15) is 0 Å². The number of rotatable bonds is 9. The van der Waals surface area contributed by atoms with Gasteiger partial charge in [0.2, 0.25) is 5.91 Å². The van der Waals surface area contributed by atoms with Crippen LogP contribution in [0.5, 0.6) is 0 Å². The summed E-state index contributed by atoms with van der Waals surface area (Å²) < 4.78 is 7.38. The molecule has 27 heavy (non-hydrogen) atoms. The first kappa shape index (κ1) is 19.9. The Balaban J connectivity index is 1.40. The smallest absolute Gasteiger partial charge is 0.230 e. The molecule has 3 rings (SSSR count). The third-order valence-corrected chi connectivity index (χ3v) is 6.15. The van der Waals surface area contributed by atoms with Gasteiger partial charge in [-0.3, -0.25) is 9.36 Å². The molecule has 0 saturated carbocycles. The van der Waals surface area contributed by atoms with Gasteiger partial charge >= 0.3 is 0 Å². The summed E-state index contributed by atoms with van der Waals surface area (Å²) in [4.78, 5) is 13.8. The predicted molar refractivity (Wildman–Crippen MR) is 106 cm³/mol. The van der Waals surface area contributed by atoms with Crippen molar-refractivity contribution in [1.29, 1.82) is 0 Å². The van der Waals surface area contributed by atoms with Gasteiger partial charge in [-0.1, -0.05) is 11.8 Å². The van der Waals surface area contributed by atoms with Gasteiger partial charge in [0, 0.05) is 19.5 Å². The second-order valence-electron chi connectivity index (χ2n) is 7.08. The summed E-state index contributed by atoms with van der Waals surface area (Å²) in [6.45, 7) is 8.26. The van der Waals surface area contributed by atoms with E-state index >= 15 is 0 Å². The number of nitrogens with one attached hydrogen (secondary N) is 2. The first-order chi connectivity index (χ1) is 13.2. The van der Waals surface area contributed by atoms with Gasteiger partial charge in [-0.15, -0.1) is 10.2 Å². The molecule has 1 saturated heterocycles. The second kappa shape index (κ2) is 9.94. The van der Waals surface area contributed by atoms with Crippen molar-refractivity contribution in [3.8, 4) is 11.6 Å². The number of likely N-dealkylation sites (tertiary alicyclic amines) is 1. The lowest BCUT2D eigenvalue weighted by Crippen LogP contribution is -3.16. The number of amides is 1. The Kier molecular flexibility index (Phi) is 7.34. The van der Waals surface area contributed by atoms with Gasteiger partial charge in [0.25, 0.3) is 0 Å². The lowest BCUT2D eigenvalue weighted by Gasteiger charge is -2.30. The van der Waals surface area contributed by atoms with Crippen LogP contribution < -0.4 is 10.2 Å². The van der Waals surface area contributed by atoms with Crippen molar-refractivity contribution in [3.63, 3.8) is 0 Å². The molecule has 1 fully saturated rings. The number of furan rings is 1. The number of aromatic nitrogens is 3. The second-order valence-corrected chi connectivity index (χ2v) is 8.02. The molecule has 148 valence electrons. The third kappa shape index (κ3) is 5.35. The maximum atomic E-state index is 12.2. The van der Waals surface area contributed by atoms with Gasteiger partial charge in [-0.25, -0.2) is 0 Å². The first-order valence-corrected chi connectivity index (χ1v) is 10.9. The van der Waals surface area contributed by atoms with E-state index < -0.39 is 0 Å². The Morgan fingerprint density at radius 1 is 1.44 bits per heavy atom. The zero-order valence-electron chi connectivity index (χ0n) is 16.2. The van der Waals surface area contributed by atoms with Crippen LogP contribution in [-0.2, 0) is 11.3 Å². The highest BCUT2D eigenvalue weighted by atomic mass is 32.2. The molecule has 2 N–H and O–H groups in total. The van der Waals surface area contributed by atoms with E-state index in [0.717, 1.165) is 37.3 Å². The Bertz CT molecular complexity index is 716. The van der Waals surface area contributed by atoms with Crippen molar-refractivity contribution in [2.24, 2.45) is 0 Å². The van der Waals surface area contributed by atoms with Crippen LogP contribution in [0, 0.1) is 0 Å². The van der Waals surface area contributed by atoms with Crippen LogP contribution in [0.15, 0.2) is 28.0 Å². The molecule has 2 aromatic rings. The van der Waals surface area contributed by atoms with E-state index in [1.54, 1.807) is 11.2 Å². The molecule has 1 aliphatic heterocycles. The minimum Gasteiger partial charge on any atom is -0.461 e. The summed E-state index contributed by atoms with van der Waals surface area (Å²) in [5.41, 5.74) is 0. The molecule has 0 aliphatic carbocycles. The van der Waals surface area contributed by atoms with E-state index in [0.29, 0.717) is 17.3 Å². The number of piperidine rings is 1. The number of carbonyl (C=O) groups excluding carboxylic acids is 1. The highest BCUT2D eigenvalue weighted by Crippen LogP contribution is 2.23. The molecule has 0 aromatic carbocycles. The fourth-order valence-electron chi connectivity index (χ4n) is 3.62. The molecule has 0 bridgehead atoms. The standard InChI is InChI=1S/C19H29N5O2S/c1-3-24-18(16-9-6-13-26-16)21-22-19(24)27-14-17(25)20-10-7-12-23-11-5-4-8-15(23)2/h6,9,13,15H,3-5,7-8,10-12,14H2,1-2H3,(H,20,25)/p+1/t15-/m1/s1. The molecule has 1 aliphatic rings. The quantitative estimate of drug-likeness (QED) is 0.501. The fourth-order valence-corrected chi connectivity index (χ4v) is 4.45. The van der Waals surface area contributed by atoms with Crippen LogP contribution in [-0.4, -0.2) is 52.1 Å². The molecule has 3 heterocycles. The summed E-state index contributed by atoms with van der Waals surface area (Å²) in [5.74, 6) is 1.79. The first-order valence-electron chi connectivity index (χ1n) is 9.90. The molecular formula is C19H30N5O2S+. The lowest BCUT2D eigenvalue weighted by molar-refractivity contribution is -0.928. The van der Waals surface area contributed by atoms with Crippen LogP contribution >= 0.6 is 11.8 Å². The Hall–Kier alpha value is -1.80. The van der Waals surface area contributed by atoms with E-state index in [1.807, 2.05) is 23.6 Å². The topological polar surface area (TPSA) is 77.4 Å². The third-order valence-electron chi connectivity index (χ3n) is 5.19. The van der Waals surface area contributed by atoms with Crippen molar-refractivity contribution < 1.29 is 14.1 Å². The number of thioether (sulfide) groups is 1. The Labute approximate surface area is 164 Å². The van der Waals surface area contributed by atoms with E-state index in [4.69, 9.17) is 4.42 Å².